The minimum atomic E-state index is -0.676. The Kier molecular flexibility index (Phi) is 4.98. The van der Waals surface area contributed by atoms with Crippen molar-refractivity contribution in [3.63, 3.8) is 0 Å². The van der Waals surface area contributed by atoms with E-state index in [0.717, 1.165) is 19.4 Å². The molecule has 7 heteroatoms. The molecular weight excluding hydrogens is 332 g/mol. The first-order valence-electron chi connectivity index (χ1n) is 9.84. The number of nitrogens with one attached hydrogen (secondary N) is 1. The second kappa shape index (κ2) is 7.39. The molecule has 2 aliphatic heterocycles. The summed E-state index contributed by atoms with van der Waals surface area (Å²) >= 11 is 0. The summed E-state index contributed by atoms with van der Waals surface area (Å²) in [5, 5.41) is 7.50. The lowest BCUT2D eigenvalue weighted by Crippen LogP contribution is -2.57. The van der Waals surface area contributed by atoms with E-state index in [0.29, 0.717) is 45.1 Å². The Morgan fingerprint density at radius 2 is 1.88 bits per heavy atom. The molecule has 1 aliphatic carbocycles. The maximum Gasteiger partial charge on any atom is 0.248 e. The minimum absolute atomic E-state index is 0.0475. The molecular formula is C19H28N4O3. The van der Waals surface area contributed by atoms with Crippen LogP contribution in [0, 0.1) is 11.8 Å². The van der Waals surface area contributed by atoms with Gasteiger partial charge in [0, 0.05) is 51.2 Å². The zero-order valence-electron chi connectivity index (χ0n) is 15.2. The molecule has 0 atom stereocenters. The van der Waals surface area contributed by atoms with Gasteiger partial charge in [-0.25, -0.2) is 0 Å². The number of amides is 2. The minimum Gasteiger partial charge on any atom is -0.381 e. The van der Waals surface area contributed by atoms with Gasteiger partial charge in [0.05, 0.1) is 0 Å². The van der Waals surface area contributed by atoms with Crippen LogP contribution in [0.3, 0.4) is 0 Å². The van der Waals surface area contributed by atoms with Crippen molar-refractivity contribution in [3.05, 3.63) is 18.5 Å². The van der Waals surface area contributed by atoms with Gasteiger partial charge in [0.2, 0.25) is 11.8 Å². The molecule has 3 aliphatic rings. The Morgan fingerprint density at radius 3 is 2.50 bits per heavy atom. The first-order chi connectivity index (χ1) is 12.7. The van der Waals surface area contributed by atoms with Crippen LogP contribution >= 0.6 is 0 Å². The van der Waals surface area contributed by atoms with Crippen LogP contribution in [0.25, 0.3) is 0 Å². The van der Waals surface area contributed by atoms with Gasteiger partial charge in [0.15, 0.2) is 0 Å². The summed E-state index contributed by atoms with van der Waals surface area (Å²) in [6.45, 7) is 3.31. The van der Waals surface area contributed by atoms with Crippen molar-refractivity contribution in [2.75, 3.05) is 32.8 Å². The Balaban J connectivity index is 1.43. The fraction of sp³-hybridized carbons (Fsp3) is 0.737. The normalized spacial score (nSPS) is 23.6. The van der Waals surface area contributed by atoms with Crippen molar-refractivity contribution in [1.29, 1.82) is 0 Å². The van der Waals surface area contributed by atoms with Crippen molar-refractivity contribution in [2.45, 2.75) is 44.1 Å². The molecule has 142 valence electrons. The van der Waals surface area contributed by atoms with Gasteiger partial charge in [-0.15, -0.1) is 0 Å². The van der Waals surface area contributed by atoms with Gasteiger partial charge in [-0.3, -0.25) is 14.3 Å². The zero-order chi connectivity index (χ0) is 18.0. The van der Waals surface area contributed by atoms with E-state index in [1.54, 1.807) is 10.9 Å². The molecule has 1 aromatic rings. The Bertz CT molecular complexity index is 627. The maximum absolute atomic E-state index is 13.0. The molecule has 2 saturated heterocycles. The van der Waals surface area contributed by atoms with E-state index in [-0.39, 0.29) is 17.7 Å². The van der Waals surface area contributed by atoms with E-state index in [4.69, 9.17) is 4.74 Å². The van der Waals surface area contributed by atoms with Gasteiger partial charge >= 0.3 is 0 Å². The highest BCUT2D eigenvalue weighted by molar-refractivity contribution is 5.85. The van der Waals surface area contributed by atoms with Gasteiger partial charge in [0.1, 0.15) is 5.54 Å². The Morgan fingerprint density at radius 1 is 1.15 bits per heavy atom. The van der Waals surface area contributed by atoms with Gasteiger partial charge in [-0.05, 0) is 50.5 Å². The number of likely N-dealkylation sites (tertiary alicyclic amines) is 1. The smallest absolute Gasteiger partial charge is 0.248 e. The second-order valence-electron chi connectivity index (χ2n) is 7.85. The van der Waals surface area contributed by atoms with Crippen LogP contribution < -0.4 is 5.32 Å². The largest absolute Gasteiger partial charge is 0.381 e. The molecule has 1 N–H and O–H groups in total. The van der Waals surface area contributed by atoms with Crippen LogP contribution in [-0.4, -0.2) is 59.3 Å². The van der Waals surface area contributed by atoms with E-state index >= 15 is 0 Å². The number of aromatic nitrogens is 2. The van der Waals surface area contributed by atoms with E-state index in [2.05, 4.69) is 10.4 Å². The number of ether oxygens (including phenoxy) is 1. The molecule has 4 rings (SSSR count). The number of rotatable bonds is 5. The molecule has 26 heavy (non-hydrogen) atoms. The van der Waals surface area contributed by atoms with Crippen molar-refractivity contribution < 1.29 is 14.3 Å². The lowest BCUT2D eigenvalue weighted by molar-refractivity contribution is -0.144. The fourth-order valence-electron chi connectivity index (χ4n) is 4.11. The number of hydrogen-bond acceptors (Lipinski definition) is 4. The molecule has 2 amide bonds. The maximum atomic E-state index is 13.0. The van der Waals surface area contributed by atoms with Crippen molar-refractivity contribution in [1.82, 2.24) is 20.0 Å². The molecule has 0 radical (unpaired) electrons. The summed E-state index contributed by atoms with van der Waals surface area (Å²) in [5.41, 5.74) is -0.676. The average molecular weight is 360 g/mol. The number of piperidine rings is 1. The van der Waals surface area contributed by atoms with Crippen LogP contribution in [0.2, 0.25) is 0 Å². The molecule has 0 spiro atoms. The molecule has 0 bridgehead atoms. The number of hydrogen-bond donors (Lipinski definition) is 1. The van der Waals surface area contributed by atoms with Crippen molar-refractivity contribution in [2.24, 2.45) is 11.8 Å². The number of carbonyl (C=O) groups excluding carboxylic acids is 2. The predicted octanol–water partition coefficient (Wildman–Crippen LogP) is 1.15. The van der Waals surface area contributed by atoms with Crippen LogP contribution in [0.15, 0.2) is 18.5 Å². The van der Waals surface area contributed by atoms with E-state index in [1.807, 2.05) is 17.2 Å². The quantitative estimate of drug-likeness (QED) is 0.855. The molecule has 7 nitrogen and oxygen atoms in total. The Hall–Kier alpha value is -1.89. The lowest BCUT2D eigenvalue weighted by Gasteiger charge is -2.42. The van der Waals surface area contributed by atoms with Gasteiger partial charge in [-0.1, -0.05) is 0 Å². The molecule has 1 aromatic heterocycles. The predicted molar refractivity (Wildman–Crippen MR) is 95.3 cm³/mol. The van der Waals surface area contributed by atoms with Crippen molar-refractivity contribution in [3.8, 4) is 0 Å². The first kappa shape index (κ1) is 17.5. The lowest BCUT2D eigenvalue weighted by atomic mass is 9.85. The monoisotopic (exact) mass is 360 g/mol. The third kappa shape index (κ3) is 3.49. The third-order valence-electron chi connectivity index (χ3n) is 6.09. The van der Waals surface area contributed by atoms with E-state index in [1.165, 1.54) is 12.8 Å². The number of nitrogens with zero attached hydrogens (tertiary/aromatic N) is 3. The van der Waals surface area contributed by atoms with E-state index in [9.17, 15) is 9.59 Å². The topological polar surface area (TPSA) is 76.5 Å². The average Bonchev–Trinajstić information content (AvgIpc) is 3.36. The van der Waals surface area contributed by atoms with Crippen molar-refractivity contribution >= 4 is 11.8 Å². The van der Waals surface area contributed by atoms with Gasteiger partial charge in [0.25, 0.3) is 0 Å². The summed E-state index contributed by atoms with van der Waals surface area (Å²) in [6, 6.07) is 1.86. The second-order valence-corrected chi connectivity index (χ2v) is 7.85. The highest BCUT2D eigenvalue weighted by atomic mass is 16.5. The van der Waals surface area contributed by atoms with Gasteiger partial charge < -0.3 is 15.0 Å². The fourth-order valence-corrected chi connectivity index (χ4v) is 4.11. The zero-order valence-corrected chi connectivity index (χ0v) is 15.2. The summed E-state index contributed by atoms with van der Waals surface area (Å²) in [6.07, 6.45) is 8.84. The molecule has 3 heterocycles. The van der Waals surface area contributed by atoms with Crippen LogP contribution in [-0.2, 0) is 19.9 Å². The van der Waals surface area contributed by atoms with Crippen LogP contribution in [0.4, 0.5) is 0 Å². The molecule has 1 saturated carbocycles. The first-order valence-corrected chi connectivity index (χ1v) is 9.84. The molecule has 3 fully saturated rings. The standard InChI is InChI=1S/C19H28N4O3/c24-17(16-4-12-26-13-5-16)22-10-6-19(7-11-22,23-9-1-8-21-23)18(25)20-14-15-2-3-15/h1,8-9,15-16H,2-7,10-14H2,(H,20,25). The van der Waals surface area contributed by atoms with Crippen LogP contribution in [0.1, 0.15) is 38.5 Å². The van der Waals surface area contributed by atoms with Gasteiger partial charge in [-0.2, -0.15) is 5.10 Å². The SMILES string of the molecule is O=C(C1CCOCC1)N1CCC(C(=O)NCC2CC2)(n2cccn2)CC1. The number of carbonyl (C=O) groups is 2. The highest BCUT2D eigenvalue weighted by Gasteiger charge is 2.45. The molecule has 0 unspecified atom stereocenters. The van der Waals surface area contributed by atoms with Crippen LogP contribution in [0.5, 0.6) is 0 Å². The summed E-state index contributed by atoms with van der Waals surface area (Å²) < 4.78 is 7.16. The molecule has 0 aromatic carbocycles. The summed E-state index contributed by atoms with van der Waals surface area (Å²) in [5.74, 6) is 0.987. The summed E-state index contributed by atoms with van der Waals surface area (Å²) in [7, 11) is 0. The highest BCUT2D eigenvalue weighted by Crippen LogP contribution is 2.33. The Labute approximate surface area is 154 Å². The summed E-state index contributed by atoms with van der Waals surface area (Å²) in [4.78, 5) is 27.8. The third-order valence-corrected chi connectivity index (χ3v) is 6.09. The van der Waals surface area contributed by atoms with E-state index < -0.39 is 5.54 Å².